The molecule has 1 unspecified atom stereocenters. The zero-order valence-electron chi connectivity index (χ0n) is 13.9. The van der Waals surface area contributed by atoms with Crippen LogP contribution in [0.4, 0.5) is 0 Å². The molecule has 26 heavy (non-hydrogen) atoms. The Labute approximate surface area is 150 Å². The van der Waals surface area contributed by atoms with Crippen molar-refractivity contribution in [3.63, 3.8) is 0 Å². The molecular weight excluding hydrogens is 326 g/mol. The molecule has 128 valence electrons. The van der Waals surface area contributed by atoms with E-state index in [2.05, 4.69) is 10.6 Å². The third-order valence-electron chi connectivity index (χ3n) is 4.57. The average molecular weight is 343 g/mol. The van der Waals surface area contributed by atoms with E-state index in [1.54, 1.807) is 18.2 Å². The van der Waals surface area contributed by atoms with Gasteiger partial charge >= 0.3 is 0 Å². The van der Waals surface area contributed by atoms with E-state index < -0.39 is 5.54 Å². The van der Waals surface area contributed by atoms with Crippen LogP contribution in [0, 0.1) is 5.41 Å². The largest absolute Gasteiger partial charge is 0.508 e. The first kappa shape index (κ1) is 15.9. The van der Waals surface area contributed by atoms with Crippen molar-refractivity contribution in [3.05, 3.63) is 90.0 Å². The SMILES string of the molecule is N=C1NC(=O)C(c2ccccc2)(c2cccc(-c3cccc(O)c3)c2)N1. The van der Waals surface area contributed by atoms with E-state index in [0.29, 0.717) is 0 Å². The number of nitrogens with one attached hydrogen (secondary N) is 3. The van der Waals surface area contributed by atoms with E-state index in [1.165, 1.54) is 0 Å². The summed E-state index contributed by atoms with van der Waals surface area (Å²) < 4.78 is 0. The van der Waals surface area contributed by atoms with Crippen molar-refractivity contribution < 1.29 is 9.90 Å². The Hall–Kier alpha value is -3.60. The molecule has 5 heteroatoms. The molecule has 0 aliphatic carbocycles. The lowest BCUT2D eigenvalue weighted by atomic mass is 9.82. The first-order valence-electron chi connectivity index (χ1n) is 8.23. The van der Waals surface area contributed by atoms with Gasteiger partial charge in [-0.3, -0.25) is 15.5 Å². The highest BCUT2D eigenvalue weighted by Gasteiger charge is 2.47. The molecule has 1 atom stereocenters. The van der Waals surface area contributed by atoms with E-state index in [1.807, 2.05) is 60.7 Å². The molecule has 1 aliphatic heterocycles. The Morgan fingerprint density at radius 3 is 2.12 bits per heavy atom. The smallest absolute Gasteiger partial charge is 0.261 e. The first-order valence-corrected chi connectivity index (χ1v) is 8.23. The van der Waals surface area contributed by atoms with Gasteiger partial charge in [-0.05, 0) is 40.5 Å². The van der Waals surface area contributed by atoms with Crippen LogP contribution < -0.4 is 10.6 Å². The standard InChI is InChI=1S/C21H17N3O2/c22-20-23-19(26)21(24-20,16-8-2-1-3-9-16)17-10-4-6-14(12-17)15-7-5-11-18(25)13-15/h1-13,25H,(H3,22,23,24,26). The molecule has 5 nitrogen and oxygen atoms in total. The van der Waals surface area contributed by atoms with E-state index in [0.717, 1.165) is 22.3 Å². The van der Waals surface area contributed by atoms with Crippen molar-refractivity contribution in [1.82, 2.24) is 10.6 Å². The quantitative estimate of drug-likeness (QED) is 0.590. The van der Waals surface area contributed by atoms with Crippen LogP contribution in [-0.2, 0) is 10.3 Å². The molecule has 1 aliphatic rings. The van der Waals surface area contributed by atoms with Crippen LogP contribution in [-0.4, -0.2) is 17.0 Å². The maximum atomic E-state index is 12.9. The number of guanidine groups is 1. The summed E-state index contributed by atoms with van der Waals surface area (Å²) in [6.07, 6.45) is 0. The van der Waals surface area contributed by atoms with Crippen LogP contribution in [0.5, 0.6) is 5.75 Å². The Morgan fingerprint density at radius 1 is 0.808 bits per heavy atom. The van der Waals surface area contributed by atoms with Crippen molar-refractivity contribution in [2.75, 3.05) is 0 Å². The molecule has 1 fully saturated rings. The van der Waals surface area contributed by atoms with Crippen LogP contribution in [0.3, 0.4) is 0 Å². The second kappa shape index (κ2) is 6.04. The Bertz CT molecular complexity index is 1000. The number of phenolic OH excluding ortho intramolecular Hbond substituents is 1. The maximum absolute atomic E-state index is 12.9. The second-order valence-electron chi connectivity index (χ2n) is 6.20. The molecule has 1 amide bonds. The molecule has 3 aromatic rings. The van der Waals surface area contributed by atoms with Gasteiger partial charge in [-0.1, -0.05) is 60.7 Å². The predicted octanol–water partition coefficient (Wildman–Crippen LogP) is 2.96. The van der Waals surface area contributed by atoms with Crippen molar-refractivity contribution in [2.24, 2.45) is 0 Å². The van der Waals surface area contributed by atoms with Crippen LogP contribution in [0.15, 0.2) is 78.9 Å². The van der Waals surface area contributed by atoms with Gasteiger partial charge in [-0.2, -0.15) is 0 Å². The summed E-state index contributed by atoms with van der Waals surface area (Å²) in [5.41, 5.74) is 2.05. The normalized spacial score (nSPS) is 19.1. The van der Waals surface area contributed by atoms with E-state index in [9.17, 15) is 9.90 Å². The summed E-state index contributed by atoms with van der Waals surface area (Å²) in [7, 11) is 0. The molecule has 0 bridgehead atoms. The number of rotatable bonds is 3. The highest BCUT2D eigenvalue weighted by molar-refractivity contribution is 6.10. The van der Waals surface area contributed by atoms with Crippen LogP contribution in [0.2, 0.25) is 0 Å². The van der Waals surface area contributed by atoms with Gasteiger partial charge < -0.3 is 10.4 Å². The molecule has 0 saturated carbocycles. The van der Waals surface area contributed by atoms with E-state index >= 15 is 0 Å². The molecule has 1 heterocycles. The lowest BCUT2D eigenvalue weighted by Crippen LogP contribution is -2.44. The third-order valence-corrected chi connectivity index (χ3v) is 4.57. The van der Waals surface area contributed by atoms with Crippen LogP contribution in [0.25, 0.3) is 11.1 Å². The highest BCUT2D eigenvalue weighted by Crippen LogP contribution is 2.35. The average Bonchev–Trinajstić information content (AvgIpc) is 2.97. The molecule has 0 aromatic heterocycles. The Morgan fingerprint density at radius 2 is 1.46 bits per heavy atom. The fourth-order valence-corrected chi connectivity index (χ4v) is 3.36. The van der Waals surface area contributed by atoms with Crippen LogP contribution >= 0.6 is 0 Å². The first-order chi connectivity index (χ1) is 12.6. The van der Waals surface area contributed by atoms with Gasteiger partial charge in [0, 0.05) is 0 Å². The van der Waals surface area contributed by atoms with Gasteiger partial charge in [0.05, 0.1) is 0 Å². The lowest BCUT2D eigenvalue weighted by Gasteiger charge is -2.28. The zero-order chi connectivity index (χ0) is 18.1. The van der Waals surface area contributed by atoms with E-state index in [-0.39, 0.29) is 17.6 Å². The van der Waals surface area contributed by atoms with Gasteiger partial charge in [-0.25, -0.2) is 0 Å². The number of aromatic hydroxyl groups is 1. The third kappa shape index (κ3) is 2.50. The van der Waals surface area contributed by atoms with Crippen molar-refractivity contribution in [1.29, 1.82) is 5.41 Å². The van der Waals surface area contributed by atoms with Crippen molar-refractivity contribution >= 4 is 11.9 Å². The number of carbonyl (C=O) groups is 1. The molecule has 3 aromatic carbocycles. The summed E-state index contributed by atoms with van der Waals surface area (Å²) in [5, 5.41) is 23.2. The minimum atomic E-state index is -1.16. The minimum absolute atomic E-state index is 0.0263. The molecule has 0 spiro atoms. The number of phenols is 1. The maximum Gasteiger partial charge on any atom is 0.261 e. The van der Waals surface area contributed by atoms with E-state index in [4.69, 9.17) is 5.41 Å². The van der Waals surface area contributed by atoms with Crippen LogP contribution in [0.1, 0.15) is 11.1 Å². The second-order valence-corrected chi connectivity index (χ2v) is 6.20. The van der Waals surface area contributed by atoms with Crippen molar-refractivity contribution in [2.45, 2.75) is 5.54 Å². The summed E-state index contributed by atoms with van der Waals surface area (Å²) in [6, 6.07) is 23.9. The number of hydrogen-bond donors (Lipinski definition) is 4. The predicted molar refractivity (Wildman–Crippen MR) is 99.8 cm³/mol. The number of hydrogen-bond acceptors (Lipinski definition) is 3. The van der Waals surface area contributed by atoms with Gasteiger partial charge in [-0.15, -0.1) is 0 Å². The number of benzene rings is 3. The summed E-state index contributed by atoms with van der Waals surface area (Å²) in [5.74, 6) is -0.132. The van der Waals surface area contributed by atoms with Gasteiger partial charge in [0.25, 0.3) is 5.91 Å². The fourth-order valence-electron chi connectivity index (χ4n) is 3.36. The summed E-state index contributed by atoms with van der Waals surface area (Å²) in [6.45, 7) is 0. The molecule has 1 saturated heterocycles. The molecular formula is C21H17N3O2. The lowest BCUT2D eigenvalue weighted by molar-refractivity contribution is -0.122. The molecule has 4 N–H and O–H groups in total. The molecule has 0 radical (unpaired) electrons. The number of amides is 1. The summed E-state index contributed by atoms with van der Waals surface area (Å²) >= 11 is 0. The topological polar surface area (TPSA) is 85.2 Å². The summed E-state index contributed by atoms with van der Waals surface area (Å²) in [4.78, 5) is 12.9. The van der Waals surface area contributed by atoms with Gasteiger partial charge in [0.1, 0.15) is 5.75 Å². The highest BCUT2D eigenvalue weighted by atomic mass is 16.3. The van der Waals surface area contributed by atoms with Gasteiger partial charge in [0.15, 0.2) is 11.5 Å². The number of carbonyl (C=O) groups excluding carboxylic acids is 1. The minimum Gasteiger partial charge on any atom is -0.508 e. The molecule has 4 rings (SSSR count). The fraction of sp³-hybridized carbons (Fsp3) is 0.0476. The van der Waals surface area contributed by atoms with Crippen molar-refractivity contribution in [3.8, 4) is 16.9 Å². The monoisotopic (exact) mass is 343 g/mol. The zero-order valence-corrected chi connectivity index (χ0v) is 13.9. The van der Waals surface area contributed by atoms with Gasteiger partial charge in [0.2, 0.25) is 0 Å². The Kier molecular flexibility index (Phi) is 3.69. The Balaban J connectivity index is 1.90.